The van der Waals surface area contributed by atoms with E-state index >= 15 is 0 Å². The van der Waals surface area contributed by atoms with Gasteiger partial charge in [-0.15, -0.1) is 0 Å². The molecule has 0 unspecified atom stereocenters. The molecule has 1 N–H and O–H groups in total. The minimum atomic E-state index is 1.17. The Labute approximate surface area is 65.1 Å². The Balaban J connectivity index is 2.80. The van der Waals surface area contributed by atoms with Crippen molar-refractivity contribution >= 4 is 12.2 Å². The fourth-order valence-corrected chi connectivity index (χ4v) is 1.12. The molecule has 2 rings (SSSR count). The molecular weight excluding hydrogens is 134 g/mol. The van der Waals surface area contributed by atoms with E-state index in [2.05, 4.69) is 23.2 Å². The van der Waals surface area contributed by atoms with Crippen molar-refractivity contribution < 1.29 is 0 Å². The van der Waals surface area contributed by atoms with Crippen LogP contribution in [-0.2, 0) is 0 Å². The summed E-state index contributed by atoms with van der Waals surface area (Å²) in [5.41, 5.74) is 0. The maximum Gasteiger partial charge on any atom is 0.0453 e. The van der Waals surface area contributed by atoms with E-state index in [0.717, 1.165) is 0 Å². The van der Waals surface area contributed by atoms with Crippen LogP contribution in [0.4, 0.5) is 0 Å². The topological polar surface area (TPSA) is 15.8 Å². The van der Waals surface area contributed by atoms with E-state index in [1.165, 1.54) is 10.6 Å². The summed E-state index contributed by atoms with van der Waals surface area (Å²) in [6.07, 6.45) is 14.2. The smallest absolute Gasteiger partial charge is 0.0453 e. The lowest BCUT2D eigenvalue weighted by Crippen LogP contribution is -2.21. The molecule has 0 atom stereocenters. The van der Waals surface area contributed by atoms with Crippen LogP contribution in [0.2, 0.25) is 0 Å². The fourth-order valence-electron chi connectivity index (χ4n) is 1.12. The molecule has 0 radical (unpaired) electrons. The van der Waals surface area contributed by atoms with Crippen LogP contribution in [0.15, 0.2) is 36.6 Å². The summed E-state index contributed by atoms with van der Waals surface area (Å²) in [7, 11) is 0. The second-order valence-electron chi connectivity index (χ2n) is 2.45. The van der Waals surface area contributed by atoms with Gasteiger partial charge in [0.25, 0.3) is 0 Å². The number of hydrogen-bond acceptors (Lipinski definition) is 0. The summed E-state index contributed by atoms with van der Waals surface area (Å²) in [6.45, 7) is 0. The van der Waals surface area contributed by atoms with Crippen molar-refractivity contribution in [2.45, 2.75) is 0 Å². The largest absolute Gasteiger partial charge is 0.361 e. The molecule has 11 heavy (non-hydrogen) atoms. The van der Waals surface area contributed by atoms with E-state index < -0.39 is 0 Å². The minimum Gasteiger partial charge on any atom is -0.361 e. The Bertz CT molecular complexity index is 366. The van der Waals surface area contributed by atoms with Gasteiger partial charge in [-0.2, -0.15) is 0 Å². The Kier molecular flexibility index (Phi) is 1.48. The third-order valence-electron chi connectivity index (χ3n) is 1.68. The van der Waals surface area contributed by atoms with E-state index in [-0.39, 0.29) is 0 Å². The highest BCUT2D eigenvalue weighted by molar-refractivity contribution is 5.46. The first-order valence-electron chi connectivity index (χ1n) is 3.65. The van der Waals surface area contributed by atoms with E-state index in [1.807, 2.05) is 30.5 Å². The van der Waals surface area contributed by atoms with Gasteiger partial charge in [-0.05, 0) is 17.4 Å². The van der Waals surface area contributed by atoms with Gasteiger partial charge in [-0.1, -0.05) is 30.4 Å². The standard InChI is InChI=1S/C10H9N/c1-2-4-6-10-9(5-3-1)7-8-11-10/h1-8,11H/b2-1?,3-1+,4-2-,5-3?,6-4?,9-5-,10-6-. The summed E-state index contributed by atoms with van der Waals surface area (Å²) in [4.78, 5) is 3.15. The molecular formula is C10H9N. The first-order chi connectivity index (χ1) is 5.47. The molecule has 1 heteroatoms. The third-order valence-corrected chi connectivity index (χ3v) is 1.68. The van der Waals surface area contributed by atoms with Gasteiger partial charge in [0.05, 0.1) is 0 Å². The van der Waals surface area contributed by atoms with E-state index in [9.17, 15) is 0 Å². The molecule has 1 nitrogen and oxygen atoms in total. The Morgan fingerprint density at radius 3 is 2.64 bits per heavy atom. The number of aromatic amines is 1. The van der Waals surface area contributed by atoms with Gasteiger partial charge < -0.3 is 4.98 Å². The Morgan fingerprint density at radius 2 is 1.73 bits per heavy atom. The number of fused-ring (bicyclic) bond motifs is 1. The van der Waals surface area contributed by atoms with E-state index in [1.54, 1.807) is 0 Å². The summed E-state index contributed by atoms with van der Waals surface area (Å²) in [5.74, 6) is 0. The molecule has 0 saturated heterocycles. The number of rotatable bonds is 0. The normalized spacial score (nSPS) is 26.2. The highest BCUT2D eigenvalue weighted by atomic mass is 14.6. The lowest BCUT2D eigenvalue weighted by molar-refractivity contribution is 1.32. The zero-order chi connectivity index (χ0) is 7.52. The lowest BCUT2D eigenvalue weighted by atomic mass is 10.3. The lowest BCUT2D eigenvalue weighted by Gasteiger charge is -1.81. The van der Waals surface area contributed by atoms with Crippen LogP contribution in [0.25, 0.3) is 12.2 Å². The molecule has 0 aliphatic heterocycles. The summed E-state index contributed by atoms with van der Waals surface area (Å²) < 4.78 is 0. The van der Waals surface area contributed by atoms with E-state index in [0.29, 0.717) is 0 Å². The summed E-state index contributed by atoms with van der Waals surface area (Å²) in [6, 6.07) is 2.06. The first-order valence-corrected chi connectivity index (χ1v) is 3.65. The Morgan fingerprint density at radius 1 is 0.909 bits per heavy atom. The van der Waals surface area contributed by atoms with Crippen LogP contribution in [-0.4, -0.2) is 4.98 Å². The van der Waals surface area contributed by atoms with Crippen molar-refractivity contribution in [2.24, 2.45) is 0 Å². The van der Waals surface area contributed by atoms with Crippen molar-refractivity contribution in [3.8, 4) is 0 Å². The molecule has 1 aliphatic rings. The molecule has 0 spiro atoms. The maximum atomic E-state index is 3.15. The van der Waals surface area contributed by atoms with Crippen LogP contribution in [0, 0.1) is 0 Å². The highest BCUT2D eigenvalue weighted by Crippen LogP contribution is 1.82. The summed E-state index contributed by atoms with van der Waals surface area (Å²) >= 11 is 0. The molecule has 0 aromatic carbocycles. The first kappa shape index (κ1) is 6.23. The molecule has 0 bridgehead atoms. The SMILES string of the molecule is C1=C\C=C\C=c2\cc[nH]\c2=C/1. The predicted molar refractivity (Wildman–Crippen MR) is 47.3 cm³/mol. The molecule has 1 aromatic heterocycles. The second kappa shape index (κ2) is 2.62. The number of nitrogens with one attached hydrogen (secondary N) is 1. The van der Waals surface area contributed by atoms with Crippen LogP contribution >= 0.6 is 0 Å². The number of allylic oxidation sites excluding steroid dienone is 4. The third kappa shape index (κ3) is 1.17. The molecule has 1 aromatic rings. The van der Waals surface area contributed by atoms with Crippen LogP contribution in [0.1, 0.15) is 0 Å². The monoisotopic (exact) mass is 143 g/mol. The zero-order valence-corrected chi connectivity index (χ0v) is 6.12. The molecule has 1 heterocycles. The molecule has 1 aliphatic carbocycles. The van der Waals surface area contributed by atoms with Crippen LogP contribution in [0.3, 0.4) is 0 Å². The summed E-state index contributed by atoms with van der Waals surface area (Å²) in [5, 5.41) is 2.41. The van der Waals surface area contributed by atoms with Crippen molar-refractivity contribution in [3.63, 3.8) is 0 Å². The average Bonchev–Trinajstić information content (AvgIpc) is 2.35. The van der Waals surface area contributed by atoms with Crippen LogP contribution in [0.5, 0.6) is 0 Å². The minimum absolute atomic E-state index is 1.17. The second-order valence-corrected chi connectivity index (χ2v) is 2.45. The van der Waals surface area contributed by atoms with Crippen LogP contribution < -0.4 is 10.6 Å². The molecule has 0 saturated carbocycles. The van der Waals surface area contributed by atoms with Crippen molar-refractivity contribution in [3.05, 3.63) is 47.1 Å². The predicted octanol–water partition coefficient (Wildman–Crippen LogP) is 0.702. The van der Waals surface area contributed by atoms with Gasteiger partial charge in [0.15, 0.2) is 0 Å². The van der Waals surface area contributed by atoms with Crippen molar-refractivity contribution in [1.82, 2.24) is 4.98 Å². The number of hydrogen-bond donors (Lipinski definition) is 1. The number of aromatic nitrogens is 1. The average molecular weight is 143 g/mol. The van der Waals surface area contributed by atoms with E-state index in [4.69, 9.17) is 0 Å². The van der Waals surface area contributed by atoms with Gasteiger partial charge in [-0.3, -0.25) is 0 Å². The number of H-pyrrole nitrogens is 1. The molecule has 54 valence electrons. The molecule has 0 amide bonds. The molecule has 0 fully saturated rings. The Hall–Kier alpha value is -1.50. The van der Waals surface area contributed by atoms with Gasteiger partial charge in [-0.25, -0.2) is 0 Å². The highest BCUT2D eigenvalue weighted by Gasteiger charge is 1.82. The van der Waals surface area contributed by atoms with Crippen molar-refractivity contribution in [1.29, 1.82) is 0 Å². The quantitative estimate of drug-likeness (QED) is 0.550. The van der Waals surface area contributed by atoms with Gasteiger partial charge >= 0.3 is 0 Å². The van der Waals surface area contributed by atoms with Crippen molar-refractivity contribution in [2.75, 3.05) is 0 Å². The zero-order valence-electron chi connectivity index (χ0n) is 6.12. The fraction of sp³-hybridized carbons (Fsp3) is 0. The van der Waals surface area contributed by atoms with Gasteiger partial charge in [0, 0.05) is 11.5 Å². The maximum absolute atomic E-state index is 3.15. The van der Waals surface area contributed by atoms with Gasteiger partial charge in [0.1, 0.15) is 0 Å². The van der Waals surface area contributed by atoms with Gasteiger partial charge in [0.2, 0.25) is 0 Å².